The molecule has 174 valence electrons. The third-order valence-electron chi connectivity index (χ3n) is 4.86. The van der Waals surface area contributed by atoms with Crippen LogP contribution >= 0.6 is 0 Å². The summed E-state index contributed by atoms with van der Waals surface area (Å²) >= 11 is 0. The van der Waals surface area contributed by atoms with Crippen LogP contribution in [-0.4, -0.2) is 66.9 Å². The number of carbonyl (C=O) groups excluding carboxylic acids is 2. The molecule has 0 aliphatic rings. The average molecular weight is 480 g/mol. The molecule has 3 amide bonds. The molecule has 9 nitrogen and oxygen atoms in total. The highest BCUT2D eigenvalue weighted by atomic mass is 32.2. The average Bonchev–Trinajstić information content (AvgIpc) is 2.83. The smallest absolute Gasteiger partial charge is 0.345 e. The van der Waals surface area contributed by atoms with Gasteiger partial charge in [-0.25, -0.2) is 8.42 Å². The molecule has 0 bridgehead atoms. The normalized spacial score (nSPS) is 10.9. The van der Waals surface area contributed by atoms with Gasteiger partial charge >= 0.3 is 6.03 Å². The van der Waals surface area contributed by atoms with Crippen LogP contribution in [0.5, 0.6) is 0 Å². The maximum Gasteiger partial charge on any atom is 0.676 e. The molecule has 0 saturated heterocycles. The van der Waals surface area contributed by atoms with Crippen LogP contribution < -0.4 is 4.72 Å². The number of carbonyl (C=O) groups is 2. The van der Waals surface area contributed by atoms with Crippen LogP contribution in [-0.2, 0) is 16.6 Å². The fourth-order valence-corrected chi connectivity index (χ4v) is 4.15. The van der Waals surface area contributed by atoms with Crippen molar-refractivity contribution in [2.24, 2.45) is 0 Å². The minimum absolute atomic E-state index is 0.0361. The summed E-state index contributed by atoms with van der Waals surface area (Å²) in [6.07, 6.45) is 3.27. The van der Waals surface area contributed by atoms with Crippen molar-refractivity contribution in [3.8, 4) is 0 Å². The summed E-state index contributed by atoms with van der Waals surface area (Å²) in [6.45, 7) is 7.75. The van der Waals surface area contributed by atoms with Crippen molar-refractivity contribution in [1.82, 2.24) is 9.88 Å². The molecule has 34 heavy (non-hydrogen) atoms. The standard InChI is InChI=1S/C24H24N5O4S/c1-27(2)23(30)21-9-5-6-10-22(21)26-34(32,33)20-13-11-19(12-14-20)29(4)24(31)28(3)17-18-8-7-15-25-16-18/h5-16H,3-4,17H2,1-2H3/q+1/p+1. The summed E-state index contributed by atoms with van der Waals surface area (Å²) < 4.78 is 30.6. The Bertz CT molecular complexity index is 1350. The van der Waals surface area contributed by atoms with Gasteiger partial charge in [-0.3, -0.25) is 14.5 Å². The van der Waals surface area contributed by atoms with E-state index in [-0.39, 0.29) is 28.6 Å². The summed E-state index contributed by atoms with van der Waals surface area (Å²) in [5.74, 6) is -0.330. The molecule has 0 saturated carbocycles. The third kappa shape index (κ3) is 5.59. The number of pyridine rings is 1. The molecular formula is C24H25N5O4S+2. The lowest BCUT2D eigenvalue weighted by Gasteiger charge is -2.15. The number of rotatable bonds is 7. The lowest BCUT2D eigenvalue weighted by Crippen LogP contribution is -2.26. The SMILES string of the molecule is C=[N+](Cc1cccnc1)C(=O)[N+](=C)c1ccc(S(=O)(=O)Nc2ccccc2C(=O)N(C)C)cc1. The molecule has 1 aromatic heterocycles. The first-order valence-electron chi connectivity index (χ1n) is 10.2. The van der Waals surface area contributed by atoms with Crippen molar-refractivity contribution in [2.75, 3.05) is 18.8 Å². The Kier molecular flexibility index (Phi) is 7.32. The molecule has 10 heteroatoms. The summed E-state index contributed by atoms with van der Waals surface area (Å²) in [5, 5.41) is 0. The van der Waals surface area contributed by atoms with Crippen molar-refractivity contribution < 1.29 is 27.2 Å². The number of para-hydroxylation sites is 1. The van der Waals surface area contributed by atoms with Crippen molar-refractivity contribution in [3.63, 3.8) is 0 Å². The monoisotopic (exact) mass is 479 g/mol. The Labute approximate surface area is 198 Å². The van der Waals surface area contributed by atoms with Gasteiger partial charge in [-0.05, 0) is 36.4 Å². The van der Waals surface area contributed by atoms with Crippen LogP contribution in [0.4, 0.5) is 16.2 Å². The fraction of sp³-hybridized carbons (Fsp3) is 0.125. The number of nitrogens with zero attached hydrogens (tertiary/aromatic N) is 4. The number of urea groups is 1. The van der Waals surface area contributed by atoms with E-state index in [4.69, 9.17) is 0 Å². The zero-order valence-corrected chi connectivity index (χ0v) is 19.7. The highest BCUT2D eigenvalue weighted by molar-refractivity contribution is 7.92. The van der Waals surface area contributed by atoms with Gasteiger partial charge in [0.15, 0.2) is 6.54 Å². The van der Waals surface area contributed by atoms with Gasteiger partial charge in [0.05, 0.1) is 16.1 Å². The predicted molar refractivity (Wildman–Crippen MR) is 129 cm³/mol. The number of hydrogen-bond acceptors (Lipinski definition) is 5. The Balaban J connectivity index is 1.76. The molecular weight excluding hydrogens is 454 g/mol. The number of amides is 3. The van der Waals surface area contributed by atoms with Crippen LogP contribution in [0.1, 0.15) is 15.9 Å². The second-order valence-electron chi connectivity index (χ2n) is 7.61. The lowest BCUT2D eigenvalue weighted by atomic mass is 10.1. The van der Waals surface area contributed by atoms with Crippen LogP contribution in [0.3, 0.4) is 0 Å². The molecule has 0 fully saturated rings. The first-order valence-corrected chi connectivity index (χ1v) is 11.6. The maximum absolute atomic E-state index is 12.9. The van der Waals surface area contributed by atoms with Crippen LogP contribution in [0.25, 0.3) is 0 Å². The number of benzene rings is 2. The second kappa shape index (κ2) is 10.2. The molecule has 3 aromatic rings. The number of hydrogen-bond donors (Lipinski definition) is 1. The van der Waals surface area contributed by atoms with E-state index in [0.717, 1.165) is 10.1 Å². The Morgan fingerprint density at radius 2 is 1.68 bits per heavy atom. The fourth-order valence-electron chi connectivity index (χ4n) is 3.07. The third-order valence-corrected chi connectivity index (χ3v) is 6.25. The van der Waals surface area contributed by atoms with Gasteiger partial charge < -0.3 is 4.90 Å². The van der Waals surface area contributed by atoms with E-state index in [0.29, 0.717) is 5.69 Å². The predicted octanol–water partition coefficient (Wildman–Crippen LogP) is 2.96. The number of anilines is 1. The molecule has 2 aromatic carbocycles. The zero-order chi connectivity index (χ0) is 24.9. The maximum atomic E-state index is 12.9. The minimum Gasteiger partial charge on any atom is -0.345 e. The van der Waals surface area contributed by atoms with E-state index in [9.17, 15) is 18.0 Å². The van der Waals surface area contributed by atoms with Gasteiger partial charge in [-0.15, -0.1) is 4.58 Å². The van der Waals surface area contributed by atoms with Gasteiger partial charge in [0.2, 0.25) is 5.69 Å². The number of aromatic nitrogens is 1. The second-order valence-corrected chi connectivity index (χ2v) is 9.30. The summed E-state index contributed by atoms with van der Waals surface area (Å²) in [7, 11) is -0.819. The largest absolute Gasteiger partial charge is 0.676 e. The van der Waals surface area contributed by atoms with E-state index in [2.05, 4.69) is 23.1 Å². The van der Waals surface area contributed by atoms with E-state index in [1.54, 1.807) is 50.8 Å². The Hall–Kier alpha value is -4.18. The lowest BCUT2D eigenvalue weighted by molar-refractivity contribution is -0.537. The quantitative estimate of drug-likeness (QED) is 0.415. The van der Waals surface area contributed by atoms with E-state index in [1.165, 1.54) is 39.8 Å². The van der Waals surface area contributed by atoms with Gasteiger partial charge in [-0.1, -0.05) is 16.7 Å². The number of sulfonamides is 1. The van der Waals surface area contributed by atoms with E-state index >= 15 is 0 Å². The molecule has 0 radical (unpaired) electrons. The van der Waals surface area contributed by atoms with Crippen molar-refractivity contribution in [1.29, 1.82) is 0 Å². The van der Waals surface area contributed by atoms with Crippen LogP contribution in [0.2, 0.25) is 0 Å². The minimum atomic E-state index is -3.99. The molecule has 1 heterocycles. The van der Waals surface area contributed by atoms with Crippen molar-refractivity contribution in [3.05, 3.63) is 84.2 Å². The summed E-state index contributed by atoms with van der Waals surface area (Å²) in [5.41, 5.74) is 1.58. The molecule has 0 spiro atoms. The topological polar surface area (TPSA) is 102 Å². The van der Waals surface area contributed by atoms with Gasteiger partial charge in [0, 0.05) is 44.2 Å². The zero-order valence-electron chi connectivity index (χ0n) is 18.9. The van der Waals surface area contributed by atoms with Crippen LogP contribution in [0.15, 0.2) is 78.0 Å². The van der Waals surface area contributed by atoms with Crippen LogP contribution in [0, 0.1) is 0 Å². The molecule has 0 atom stereocenters. The first kappa shape index (κ1) is 24.5. The number of nitrogens with one attached hydrogen (secondary N) is 1. The Morgan fingerprint density at radius 3 is 2.29 bits per heavy atom. The molecule has 1 N–H and O–H groups in total. The van der Waals surface area contributed by atoms with E-state index in [1.807, 2.05) is 6.07 Å². The molecule has 0 aliphatic carbocycles. The highest BCUT2D eigenvalue weighted by Crippen LogP contribution is 2.23. The summed E-state index contributed by atoms with van der Waals surface area (Å²) in [4.78, 5) is 30.4. The molecule has 3 rings (SSSR count). The van der Waals surface area contributed by atoms with E-state index < -0.39 is 16.1 Å². The van der Waals surface area contributed by atoms with Crippen molar-refractivity contribution >= 4 is 46.8 Å². The summed E-state index contributed by atoms with van der Waals surface area (Å²) in [6, 6.07) is 15.1. The van der Waals surface area contributed by atoms with Gasteiger partial charge in [0.1, 0.15) is 13.4 Å². The van der Waals surface area contributed by atoms with Gasteiger partial charge in [0.25, 0.3) is 15.9 Å². The molecule has 0 unspecified atom stereocenters. The highest BCUT2D eigenvalue weighted by Gasteiger charge is 2.30. The van der Waals surface area contributed by atoms with Crippen molar-refractivity contribution in [2.45, 2.75) is 11.4 Å². The Morgan fingerprint density at radius 1 is 1.00 bits per heavy atom. The molecule has 0 aliphatic heterocycles. The first-order chi connectivity index (χ1) is 16.1. The van der Waals surface area contributed by atoms with Gasteiger partial charge in [-0.2, -0.15) is 4.79 Å².